The van der Waals surface area contributed by atoms with Gasteiger partial charge in [-0.2, -0.15) is 0 Å². The highest BCUT2D eigenvalue weighted by molar-refractivity contribution is 7.89. The molecule has 0 bridgehead atoms. The molecule has 0 aliphatic rings. The van der Waals surface area contributed by atoms with Crippen molar-refractivity contribution in [2.45, 2.75) is 18.2 Å². The van der Waals surface area contributed by atoms with Gasteiger partial charge in [-0.3, -0.25) is 4.79 Å². The van der Waals surface area contributed by atoms with Gasteiger partial charge in [0.25, 0.3) is 0 Å². The van der Waals surface area contributed by atoms with E-state index in [2.05, 4.69) is 10.0 Å². The van der Waals surface area contributed by atoms with E-state index in [1.54, 1.807) is 12.1 Å². The van der Waals surface area contributed by atoms with Crippen molar-refractivity contribution in [3.8, 4) is 0 Å². The summed E-state index contributed by atoms with van der Waals surface area (Å²) < 4.78 is 25.3. The number of rotatable bonds is 6. The summed E-state index contributed by atoms with van der Waals surface area (Å²) in [6, 6.07) is 5.96. The first-order valence-electron chi connectivity index (χ1n) is 5.99. The van der Waals surface area contributed by atoms with Gasteiger partial charge in [0, 0.05) is 12.2 Å². The van der Waals surface area contributed by atoms with Crippen LogP contribution in [0.1, 0.15) is 13.3 Å². The predicted molar refractivity (Wildman–Crippen MR) is 74.2 cm³/mol. The van der Waals surface area contributed by atoms with Crippen LogP contribution in [-0.4, -0.2) is 27.9 Å². The number of carbonyl (C=O) groups is 1. The third-order valence-electron chi connectivity index (χ3n) is 2.85. The first-order chi connectivity index (χ1) is 8.94. The number of amides is 1. The van der Waals surface area contributed by atoms with Gasteiger partial charge in [0.1, 0.15) is 0 Å². The number of sulfonamides is 1. The molecule has 4 N–H and O–H groups in total. The second-order valence-corrected chi connectivity index (χ2v) is 5.95. The normalized spacial score (nSPS) is 13.0. The molecule has 7 heteroatoms. The molecular formula is C12H19N3O3S. The van der Waals surface area contributed by atoms with E-state index in [9.17, 15) is 13.2 Å². The van der Waals surface area contributed by atoms with Gasteiger partial charge in [0.15, 0.2) is 0 Å². The highest BCUT2D eigenvalue weighted by atomic mass is 32.2. The summed E-state index contributed by atoms with van der Waals surface area (Å²) in [5, 5.41) is 2.71. The van der Waals surface area contributed by atoms with Crippen LogP contribution in [-0.2, 0) is 14.8 Å². The van der Waals surface area contributed by atoms with Crippen LogP contribution in [0.2, 0.25) is 0 Å². The fourth-order valence-corrected chi connectivity index (χ4v) is 2.27. The molecule has 0 saturated carbocycles. The maximum atomic E-state index is 11.8. The Morgan fingerprint density at radius 2 is 1.89 bits per heavy atom. The third kappa shape index (κ3) is 4.02. The molecule has 0 radical (unpaired) electrons. The third-order valence-corrected chi connectivity index (χ3v) is 4.28. The lowest BCUT2D eigenvalue weighted by Gasteiger charge is -2.12. The van der Waals surface area contributed by atoms with E-state index >= 15 is 0 Å². The molecule has 0 aliphatic carbocycles. The Labute approximate surface area is 113 Å². The molecule has 19 heavy (non-hydrogen) atoms. The highest BCUT2D eigenvalue weighted by Crippen LogP contribution is 2.15. The molecule has 0 aromatic heterocycles. The fraction of sp³-hybridized carbons (Fsp3) is 0.417. The van der Waals surface area contributed by atoms with Crippen LogP contribution in [0.25, 0.3) is 0 Å². The van der Waals surface area contributed by atoms with Crippen molar-refractivity contribution in [2.75, 3.05) is 18.9 Å². The summed E-state index contributed by atoms with van der Waals surface area (Å²) in [5.41, 5.74) is 6.04. The van der Waals surface area contributed by atoms with Crippen LogP contribution in [0, 0.1) is 5.92 Å². The number of anilines is 1. The summed E-state index contributed by atoms with van der Waals surface area (Å²) in [7, 11) is -2.11. The smallest absolute Gasteiger partial charge is 0.240 e. The molecule has 0 saturated heterocycles. The number of nitrogens with two attached hydrogens (primary N) is 1. The standard InChI is InChI=1S/C12H19N3O3S/c1-3-9(8-13)12(16)15-10-4-6-11(7-5-10)19(17,18)14-2/h4-7,9,14H,3,8,13H2,1-2H3,(H,15,16). The zero-order valence-corrected chi connectivity index (χ0v) is 11.8. The molecule has 1 unspecified atom stereocenters. The Hall–Kier alpha value is -1.44. The van der Waals surface area contributed by atoms with Crippen molar-refractivity contribution < 1.29 is 13.2 Å². The monoisotopic (exact) mass is 285 g/mol. The number of carbonyl (C=O) groups excluding carboxylic acids is 1. The molecule has 1 rings (SSSR count). The van der Waals surface area contributed by atoms with Crippen molar-refractivity contribution in [3.63, 3.8) is 0 Å². The van der Waals surface area contributed by atoms with Crippen LogP contribution in [0.4, 0.5) is 5.69 Å². The Bertz CT molecular complexity index is 522. The van der Waals surface area contributed by atoms with Gasteiger partial charge < -0.3 is 11.1 Å². The molecule has 6 nitrogen and oxygen atoms in total. The molecule has 1 atom stereocenters. The lowest BCUT2D eigenvalue weighted by molar-refractivity contribution is -0.119. The van der Waals surface area contributed by atoms with Gasteiger partial charge in [0.05, 0.1) is 10.8 Å². The van der Waals surface area contributed by atoms with E-state index in [0.29, 0.717) is 12.1 Å². The summed E-state index contributed by atoms with van der Waals surface area (Å²) in [6.07, 6.45) is 0.661. The Morgan fingerprint density at radius 3 is 2.32 bits per heavy atom. The molecule has 1 amide bonds. The van der Waals surface area contributed by atoms with Gasteiger partial charge in [-0.25, -0.2) is 13.1 Å². The number of hydrogen-bond acceptors (Lipinski definition) is 4. The Morgan fingerprint density at radius 1 is 1.32 bits per heavy atom. The van der Waals surface area contributed by atoms with E-state index in [4.69, 9.17) is 5.73 Å². The maximum absolute atomic E-state index is 11.8. The quantitative estimate of drug-likeness (QED) is 0.709. The summed E-state index contributed by atoms with van der Waals surface area (Å²) in [5.74, 6) is -0.394. The molecule has 0 fully saturated rings. The lowest BCUT2D eigenvalue weighted by Crippen LogP contribution is -2.28. The molecule has 0 heterocycles. The van der Waals surface area contributed by atoms with E-state index in [1.165, 1.54) is 19.2 Å². The van der Waals surface area contributed by atoms with Crippen molar-refractivity contribution >= 4 is 21.6 Å². The van der Waals surface area contributed by atoms with Gasteiger partial charge in [-0.15, -0.1) is 0 Å². The molecule has 1 aromatic rings. The van der Waals surface area contributed by atoms with Crippen LogP contribution in [0.3, 0.4) is 0 Å². The number of hydrogen-bond donors (Lipinski definition) is 3. The van der Waals surface area contributed by atoms with Crippen molar-refractivity contribution in [1.82, 2.24) is 4.72 Å². The van der Waals surface area contributed by atoms with Crippen LogP contribution >= 0.6 is 0 Å². The minimum absolute atomic E-state index is 0.152. The SMILES string of the molecule is CCC(CN)C(=O)Nc1ccc(S(=O)(=O)NC)cc1. The van der Waals surface area contributed by atoms with E-state index in [1.807, 2.05) is 6.92 Å². The summed E-state index contributed by atoms with van der Waals surface area (Å²) >= 11 is 0. The van der Waals surface area contributed by atoms with Gasteiger partial charge in [-0.05, 0) is 37.7 Å². The van der Waals surface area contributed by atoms with Gasteiger partial charge in [0.2, 0.25) is 15.9 Å². The zero-order chi connectivity index (χ0) is 14.5. The van der Waals surface area contributed by atoms with Crippen LogP contribution in [0.15, 0.2) is 29.2 Å². The topological polar surface area (TPSA) is 101 Å². The minimum Gasteiger partial charge on any atom is -0.330 e. The number of benzene rings is 1. The Kier molecular flexibility index (Phi) is 5.46. The zero-order valence-electron chi connectivity index (χ0n) is 11.0. The second kappa shape index (κ2) is 6.65. The summed E-state index contributed by atoms with van der Waals surface area (Å²) in [6.45, 7) is 2.17. The van der Waals surface area contributed by atoms with Crippen LogP contribution in [0.5, 0.6) is 0 Å². The molecular weight excluding hydrogens is 266 g/mol. The Balaban J connectivity index is 2.81. The average Bonchev–Trinajstić information content (AvgIpc) is 2.40. The van der Waals surface area contributed by atoms with Crippen molar-refractivity contribution in [3.05, 3.63) is 24.3 Å². The lowest BCUT2D eigenvalue weighted by atomic mass is 10.1. The summed E-state index contributed by atoms with van der Waals surface area (Å²) in [4.78, 5) is 11.9. The fourth-order valence-electron chi connectivity index (χ4n) is 1.54. The first-order valence-corrected chi connectivity index (χ1v) is 7.47. The average molecular weight is 285 g/mol. The molecule has 1 aromatic carbocycles. The highest BCUT2D eigenvalue weighted by Gasteiger charge is 2.15. The van der Waals surface area contributed by atoms with Crippen molar-refractivity contribution in [1.29, 1.82) is 0 Å². The minimum atomic E-state index is -3.45. The largest absolute Gasteiger partial charge is 0.330 e. The predicted octanol–water partition coefficient (Wildman–Crippen LogP) is 0.518. The maximum Gasteiger partial charge on any atom is 0.240 e. The first kappa shape index (κ1) is 15.6. The second-order valence-electron chi connectivity index (χ2n) is 4.06. The van der Waals surface area contributed by atoms with E-state index in [-0.39, 0.29) is 23.3 Å². The molecule has 0 spiro atoms. The van der Waals surface area contributed by atoms with Gasteiger partial charge >= 0.3 is 0 Å². The number of nitrogens with one attached hydrogen (secondary N) is 2. The van der Waals surface area contributed by atoms with E-state index < -0.39 is 10.0 Å². The molecule has 106 valence electrons. The van der Waals surface area contributed by atoms with Gasteiger partial charge in [-0.1, -0.05) is 6.92 Å². The van der Waals surface area contributed by atoms with Crippen LogP contribution < -0.4 is 15.8 Å². The molecule has 0 aliphatic heterocycles. The van der Waals surface area contributed by atoms with Crippen molar-refractivity contribution in [2.24, 2.45) is 11.7 Å². The van der Waals surface area contributed by atoms with E-state index in [0.717, 1.165) is 0 Å².